The first-order valence-corrected chi connectivity index (χ1v) is 13.7. The van der Waals surface area contributed by atoms with Gasteiger partial charge in [0.25, 0.3) is 12.4 Å². The van der Waals surface area contributed by atoms with Crippen molar-refractivity contribution in [1.82, 2.24) is 34.4 Å². The average Bonchev–Trinajstić information content (AvgIpc) is 3.73. The molecule has 3 aromatic heterocycles. The Bertz CT molecular complexity index is 1830. The first-order chi connectivity index (χ1) is 21.4. The normalized spacial score (nSPS) is 15.5. The number of likely N-dealkylation sites (tertiary alicyclic amines) is 1. The van der Waals surface area contributed by atoms with Crippen molar-refractivity contribution in [1.29, 1.82) is 5.26 Å². The first-order valence-electron chi connectivity index (χ1n) is 13.3. The molecule has 4 aromatic rings. The summed E-state index contributed by atoms with van der Waals surface area (Å²) >= 11 is 6.48. The van der Waals surface area contributed by atoms with Crippen molar-refractivity contribution in [2.24, 2.45) is 5.73 Å². The molecule has 18 heteroatoms. The van der Waals surface area contributed by atoms with Crippen LogP contribution in [0, 0.1) is 11.3 Å². The molecule has 1 fully saturated rings. The number of anilines is 2. The fraction of sp³-hybridized carbons (Fsp3) is 0.296. The van der Waals surface area contributed by atoms with Crippen molar-refractivity contribution in [2.75, 3.05) is 18.4 Å². The van der Waals surface area contributed by atoms with Crippen LogP contribution in [0.2, 0.25) is 5.02 Å². The van der Waals surface area contributed by atoms with E-state index in [1.807, 2.05) is 0 Å². The van der Waals surface area contributed by atoms with E-state index in [0.29, 0.717) is 19.5 Å². The molecule has 234 valence electrons. The number of carbonyl (C=O) groups excluding carboxylic acids is 3. The van der Waals surface area contributed by atoms with Crippen molar-refractivity contribution in [2.45, 2.75) is 38.1 Å². The summed E-state index contributed by atoms with van der Waals surface area (Å²) in [7, 11) is 0. The maximum atomic E-state index is 13.8. The number of hydrogen-bond acceptors (Lipinski definition) is 10. The SMILES string of the molecule is C[C@@H](NC(=O)c1ccc(Nc2nccn3c(-c4cn(CC#N)nc4C(F)(F)F)cnc23)c(OC=O)c1Cl)C(=O)N1CC[C@@H](N)C1. The topological polar surface area (TPSA) is 186 Å². The largest absolute Gasteiger partial charge is 0.435 e. The Morgan fingerprint density at radius 1 is 1.33 bits per heavy atom. The molecule has 1 aliphatic heterocycles. The molecule has 0 spiro atoms. The van der Waals surface area contributed by atoms with E-state index >= 15 is 0 Å². The minimum absolute atomic E-state index is 0.0148. The van der Waals surface area contributed by atoms with Gasteiger partial charge in [-0.1, -0.05) is 11.6 Å². The van der Waals surface area contributed by atoms with Gasteiger partial charge in [0.2, 0.25) is 5.91 Å². The molecule has 4 heterocycles. The summed E-state index contributed by atoms with van der Waals surface area (Å²) in [6, 6.07) is 3.42. The summed E-state index contributed by atoms with van der Waals surface area (Å²) in [5.74, 6) is -1.24. The number of fused-ring (bicyclic) bond motifs is 1. The average molecular weight is 645 g/mol. The van der Waals surface area contributed by atoms with Crippen LogP contribution in [-0.2, 0) is 22.3 Å². The number of hydrogen-bond donors (Lipinski definition) is 3. The molecule has 1 saturated heterocycles. The molecule has 0 aliphatic carbocycles. The second kappa shape index (κ2) is 12.4. The molecule has 1 aliphatic rings. The van der Waals surface area contributed by atoms with Crippen LogP contribution in [0.1, 0.15) is 29.4 Å². The lowest BCUT2D eigenvalue weighted by molar-refractivity contribution is -0.141. The maximum absolute atomic E-state index is 13.8. The molecule has 0 unspecified atom stereocenters. The lowest BCUT2D eigenvalue weighted by atomic mass is 10.1. The predicted molar refractivity (Wildman–Crippen MR) is 152 cm³/mol. The molecular weight excluding hydrogens is 621 g/mol. The van der Waals surface area contributed by atoms with E-state index in [0.717, 1.165) is 10.9 Å². The van der Waals surface area contributed by atoms with Crippen LogP contribution in [0.15, 0.2) is 36.9 Å². The molecule has 45 heavy (non-hydrogen) atoms. The number of alkyl halides is 3. The van der Waals surface area contributed by atoms with Gasteiger partial charge >= 0.3 is 6.18 Å². The molecule has 2 atom stereocenters. The van der Waals surface area contributed by atoms with E-state index in [-0.39, 0.29) is 63.2 Å². The number of ether oxygens (including phenoxy) is 1. The summed E-state index contributed by atoms with van der Waals surface area (Å²) in [5.41, 5.74) is 4.43. The number of rotatable bonds is 9. The van der Waals surface area contributed by atoms with Gasteiger partial charge < -0.3 is 26.0 Å². The van der Waals surface area contributed by atoms with E-state index < -0.39 is 30.4 Å². The Labute approximate surface area is 257 Å². The lowest BCUT2D eigenvalue weighted by Gasteiger charge is -2.22. The standard InChI is InChI=1S/C27H24ClF3N10O4/c1-14(26(44)39-7-4-15(33)11-39)36-25(43)16-2-3-18(21(20(16)28)45-13-42)37-23-24-35-10-19(41(24)9-6-34-23)17-12-40(8-5-32)38-22(17)27(29,30)31/h2-3,6,9-10,12-15H,4,7-8,11,33H2,1H3,(H,34,37)(H,36,43)/t14-,15-/m1/s1. The Morgan fingerprint density at radius 2 is 2.11 bits per heavy atom. The van der Waals surface area contributed by atoms with Crippen LogP contribution in [0.25, 0.3) is 16.9 Å². The quantitative estimate of drug-likeness (QED) is 0.229. The van der Waals surface area contributed by atoms with Gasteiger partial charge in [-0.25, -0.2) is 9.97 Å². The van der Waals surface area contributed by atoms with Crippen LogP contribution >= 0.6 is 11.6 Å². The summed E-state index contributed by atoms with van der Waals surface area (Å²) in [6.07, 6.45) is 0.801. The van der Waals surface area contributed by atoms with Gasteiger partial charge in [0.05, 0.1) is 39.8 Å². The van der Waals surface area contributed by atoms with Crippen LogP contribution in [0.5, 0.6) is 5.75 Å². The van der Waals surface area contributed by atoms with Crippen molar-refractivity contribution in [3.63, 3.8) is 0 Å². The summed E-state index contributed by atoms with van der Waals surface area (Å²) in [4.78, 5) is 47.1. The number of nitrogens with zero attached hydrogens (tertiary/aromatic N) is 7. The molecule has 0 radical (unpaired) electrons. The van der Waals surface area contributed by atoms with Gasteiger partial charge in [0.1, 0.15) is 12.6 Å². The molecule has 2 amide bonds. The van der Waals surface area contributed by atoms with Gasteiger partial charge in [-0.2, -0.15) is 23.5 Å². The highest BCUT2D eigenvalue weighted by Crippen LogP contribution is 2.39. The predicted octanol–water partition coefficient (Wildman–Crippen LogP) is 2.75. The van der Waals surface area contributed by atoms with Gasteiger partial charge in [-0.3, -0.25) is 23.5 Å². The third-order valence-electron chi connectivity index (χ3n) is 6.98. The number of benzene rings is 1. The Morgan fingerprint density at radius 3 is 2.78 bits per heavy atom. The second-order valence-electron chi connectivity index (χ2n) is 10.0. The van der Waals surface area contributed by atoms with E-state index in [1.54, 1.807) is 11.0 Å². The molecular formula is C27H24ClF3N10O4. The van der Waals surface area contributed by atoms with Crippen LogP contribution in [-0.4, -0.2) is 72.5 Å². The molecule has 1 aromatic carbocycles. The van der Waals surface area contributed by atoms with Crippen molar-refractivity contribution < 1.29 is 32.3 Å². The van der Waals surface area contributed by atoms with Crippen molar-refractivity contribution in [3.8, 4) is 23.1 Å². The Hall–Kier alpha value is -5.21. The highest BCUT2D eigenvalue weighted by Gasteiger charge is 2.38. The minimum Gasteiger partial charge on any atom is -0.425 e. The minimum atomic E-state index is -4.81. The molecule has 14 nitrogen and oxygen atoms in total. The zero-order valence-electron chi connectivity index (χ0n) is 23.4. The fourth-order valence-corrected chi connectivity index (χ4v) is 5.19. The molecule has 0 saturated carbocycles. The van der Waals surface area contributed by atoms with E-state index in [1.165, 1.54) is 42.0 Å². The molecule has 0 bridgehead atoms. The van der Waals surface area contributed by atoms with Gasteiger partial charge in [0.15, 0.2) is 22.9 Å². The number of nitriles is 1. The Balaban J connectivity index is 1.44. The monoisotopic (exact) mass is 644 g/mol. The number of imidazole rings is 1. The number of carbonyl (C=O) groups is 3. The maximum Gasteiger partial charge on any atom is 0.435 e. The number of nitrogens with one attached hydrogen (secondary N) is 2. The highest BCUT2D eigenvalue weighted by atomic mass is 35.5. The zero-order chi connectivity index (χ0) is 32.5. The number of nitrogens with two attached hydrogens (primary N) is 1. The lowest BCUT2D eigenvalue weighted by Crippen LogP contribution is -2.46. The number of amides is 2. The van der Waals surface area contributed by atoms with E-state index in [9.17, 15) is 27.6 Å². The molecule has 5 rings (SSSR count). The fourth-order valence-electron chi connectivity index (χ4n) is 4.90. The second-order valence-corrected chi connectivity index (χ2v) is 10.4. The smallest absolute Gasteiger partial charge is 0.425 e. The molecule has 4 N–H and O–H groups in total. The van der Waals surface area contributed by atoms with Crippen molar-refractivity contribution >= 4 is 47.0 Å². The van der Waals surface area contributed by atoms with Gasteiger partial charge in [-0.05, 0) is 25.5 Å². The van der Waals surface area contributed by atoms with Crippen molar-refractivity contribution in [3.05, 3.63) is 53.2 Å². The summed E-state index contributed by atoms with van der Waals surface area (Å²) in [5, 5.41) is 17.7. The summed E-state index contributed by atoms with van der Waals surface area (Å²) < 4.78 is 48.6. The Kier molecular flexibility index (Phi) is 8.62. The third-order valence-corrected chi connectivity index (χ3v) is 7.36. The number of halogens is 4. The van der Waals surface area contributed by atoms with Gasteiger partial charge in [-0.15, -0.1) is 0 Å². The zero-order valence-corrected chi connectivity index (χ0v) is 24.1. The van der Waals surface area contributed by atoms with Crippen LogP contribution < -0.4 is 21.1 Å². The van der Waals surface area contributed by atoms with E-state index in [4.69, 9.17) is 27.3 Å². The summed E-state index contributed by atoms with van der Waals surface area (Å²) in [6.45, 7) is 2.07. The number of aromatic nitrogens is 5. The highest BCUT2D eigenvalue weighted by molar-refractivity contribution is 6.36. The van der Waals surface area contributed by atoms with E-state index in [2.05, 4.69) is 25.7 Å². The van der Waals surface area contributed by atoms with Gasteiger partial charge in [0, 0.05) is 37.7 Å². The van der Waals surface area contributed by atoms with Crippen LogP contribution in [0.4, 0.5) is 24.7 Å². The first kappa shape index (κ1) is 31.2. The van der Waals surface area contributed by atoms with Crippen LogP contribution in [0.3, 0.4) is 0 Å². The third kappa shape index (κ3) is 6.23.